The zero-order valence-corrected chi connectivity index (χ0v) is 9.67. The first kappa shape index (κ1) is 10.1. The maximum atomic E-state index is 9.70. The summed E-state index contributed by atoms with van der Waals surface area (Å²) < 4.78 is 0. The van der Waals surface area contributed by atoms with E-state index in [1.54, 1.807) is 0 Å². The molecule has 1 spiro atoms. The second kappa shape index (κ2) is 3.46. The van der Waals surface area contributed by atoms with Gasteiger partial charge in [0.1, 0.15) is 0 Å². The molecule has 1 saturated heterocycles. The van der Waals surface area contributed by atoms with E-state index in [4.69, 9.17) is 0 Å². The number of nitrogens with zero attached hydrogens (tertiary/aromatic N) is 1. The average molecular weight is 209 g/mol. The largest absolute Gasteiger partial charge is 0.394 e. The maximum absolute atomic E-state index is 9.70. The number of aliphatic hydroxyl groups excluding tert-OH is 1. The van der Waals surface area contributed by atoms with Gasteiger partial charge < -0.3 is 5.11 Å². The molecule has 86 valence electrons. The number of likely N-dealkylation sites (tertiary alicyclic amines) is 1. The highest BCUT2D eigenvalue weighted by Crippen LogP contribution is 2.52. The van der Waals surface area contributed by atoms with Crippen molar-refractivity contribution < 1.29 is 5.11 Å². The van der Waals surface area contributed by atoms with Crippen molar-refractivity contribution in [1.29, 1.82) is 0 Å². The molecule has 2 aliphatic carbocycles. The van der Waals surface area contributed by atoms with Crippen molar-refractivity contribution in [2.45, 2.75) is 56.9 Å². The van der Waals surface area contributed by atoms with Gasteiger partial charge in [-0.15, -0.1) is 0 Å². The van der Waals surface area contributed by atoms with Crippen molar-refractivity contribution in [3.05, 3.63) is 0 Å². The van der Waals surface area contributed by atoms with Crippen LogP contribution in [0.4, 0.5) is 0 Å². The Balaban J connectivity index is 1.64. The molecule has 0 amide bonds. The highest BCUT2D eigenvalue weighted by molar-refractivity contribution is 5.07. The molecule has 0 aromatic rings. The van der Waals surface area contributed by atoms with Gasteiger partial charge in [-0.25, -0.2) is 0 Å². The minimum absolute atomic E-state index is 0.194. The van der Waals surface area contributed by atoms with Gasteiger partial charge in [-0.3, -0.25) is 4.90 Å². The third-order valence-corrected chi connectivity index (χ3v) is 5.22. The molecule has 0 atom stereocenters. The van der Waals surface area contributed by atoms with Crippen LogP contribution in [0.5, 0.6) is 0 Å². The lowest BCUT2D eigenvalue weighted by molar-refractivity contribution is -0.142. The Bertz CT molecular complexity index is 233. The van der Waals surface area contributed by atoms with Gasteiger partial charge in [-0.1, -0.05) is 25.7 Å². The third kappa shape index (κ3) is 1.45. The molecule has 0 unspecified atom stereocenters. The van der Waals surface area contributed by atoms with E-state index >= 15 is 0 Å². The van der Waals surface area contributed by atoms with Crippen molar-refractivity contribution in [1.82, 2.24) is 4.90 Å². The van der Waals surface area contributed by atoms with Gasteiger partial charge in [-0.2, -0.15) is 0 Å². The Morgan fingerprint density at radius 2 is 1.53 bits per heavy atom. The molecule has 3 fully saturated rings. The monoisotopic (exact) mass is 209 g/mol. The molecule has 0 bridgehead atoms. The van der Waals surface area contributed by atoms with Crippen LogP contribution in [0.3, 0.4) is 0 Å². The fourth-order valence-electron chi connectivity index (χ4n) is 3.88. The summed E-state index contributed by atoms with van der Waals surface area (Å²) in [4.78, 5) is 2.60. The molecule has 2 saturated carbocycles. The van der Waals surface area contributed by atoms with Crippen LogP contribution >= 0.6 is 0 Å². The molecule has 0 aromatic carbocycles. The predicted molar refractivity (Wildman–Crippen MR) is 60.8 cm³/mol. The first-order valence-corrected chi connectivity index (χ1v) is 6.65. The standard InChI is InChI=1S/C13H23NO/c15-11-13(7-2-1-3-8-13)14-9-12(10-14)5-4-6-12/h15H,1-11H2. The van der Waals surface area contributed by atoms with Crippen LogP contribution in [-0.4, -0.2) is 35.2 Å². The van der Waals surface area contributed by atoms with Crippen molar-refractivity contribution in [3.8, 4) is 0 Å². The molecule has 1 aliphatic heterocycles. The summed E-state index contributed by atoms with van der Waals surface area (Å²) in [6, 6.07) is 0. The van der Waals surface area contributed by atoms with Gasteiger partial charge >= 0.3 is 0 Å². The van der Waals surface area contributed by atoms with Gasteiger partial charge in [0.15, 0.2) is 0 Å². The molecule has 1 heterocycles. The minimum atomic E-state index is 0.194. The van der Waals surface area contributed by atoms with E-state index in [0.29, 0.717) is 12.0 Å². The zero-order valence-electron chi connectivity index (χ0n) is 9.67. The Kier molecular flexibility index (Phi) is 2.33. The quantitative estimate of drug-likeness (QED) is 0.753. The van der Waals surface area contributed by atoms with Crippen LogP contribution in [0.1, 0.15) is 51.4 Å². The summed E-state index contributed by atoms with van der Waals surface area (Å²) in [5, 5.41) is 9.70. The molecular formula is C13H23NO. The number of rotatable bonds is 2. The van der Waals surface area contributed by atoms with Crippen molar-refractivity contribution in [2.24, 2.45) is 5.41 Å². The SMILES string of the molecule is OCC1(N2CC3(CCC3)C2)CCCCC1. The van der Waals surface area contributed by atoms with Gasteiger partial charge in [-0.05, 0) is 31.1 Å². The molecule has 2 heteroatoms. The Morgan fingerprint density at radius 1 is 0.867 bits per heavy atom. The van der Waals surface area contributed by atoms with E-state index in [1.807, 2.05) is 0 Å². The topological polar surface area (TPSA) is 23.5 Å². The molecule has 3 rings (SSSR count). The number of hydrogen-bond acceptors (Lipinski definition) is 2. The van der Waals surface area contributed by atoms with Crippen LogP contribution < -0.4 is 0 Å². The van der Waals surface area contributed by atoms with Crippen LogP contribution in [-0.2, 0) is 0 Å². The second-order valence-corrected chi connectivity index (χ2v) is 6.15. The Labute approximate surface area is 92.7 Å². The normalized spacial score (nSPS) is 33.4. The average Bonchev–Trinajstić information content (AvgIpc) is 2.15. The highest BCUT2D eigenvalue weighted by Gasteiger charge is 2.53. The summed E-state index contributed by atoms with van der Waals surface area (Å²) in [5.41, 5.74) is 0.901. The van der Waals surface area contributed by atoms with E-state index in [-0.39, 0.29) is 5.54 Å². The number of hydrogen-bond donors (Lipinski definition) is 1. The van der Waals surface area contributed by atoms with E-state index in [2.05, 4.69) is 4.90 Å². The minimum Gasteiger partial charge on any atom is -0.394 e. The van der Waals surface area contributed by atoms with E-state index < -0.39 is 0 Å². The van der Waals surface area contributed by atoms with Gasteiger partial charge in [0.05, 0.1) is 6.61 Å². The predicted octanol–water partition coefficient (Wildman–Crippen LogP) is 2.17. The molecule has 1 N–H and O–H groups in total. The fraction of sp³-hybridized carbons (Fsp3) is 1.00. The zero-order chi connectivity index (χ0) is 10.4. The molecular weight excluding hydrogens is 186 g/mol. The molecule has 2 nitrogen and oxygen atoms in total. The summed E-state index contributed by atoms with van der Waals surface area (Å²) in [5.74, 6) is 0. The third-order valence-electron chi connectivity index (χ3n) is 5.22. The summed E-state index contributed by atoms with van der Waals surface area (Å²) in [6.07, 6.45) is 10.8. The van der Waals surface area contributed by atoms with Gasteiger partial charge in [0.25, 0.3) is 0 Å². The maximum Gasteiger partial charge on any atom is 0.0615 e. The number of aliphatic hydroxyl groups is 1. The Hall–Kier alpha value is -0.0800. The first-order chi connectivity index (χ1) is 7.29. The molecule has 15 heavy (non-hydrogen) atoms. The van der Waals surface area contributed by atoms with E-state index in [9.17, 15) is 5.11 Å². The van der Waals surface area contributed by atoms with Gasteiger partial charge in [0, 0.05) is 18.6 Å². The van der Waals surface area contributed by atoms with Crippen LogP contribution in [0.15, 0.2) is 0 Å². The molecule has 0 aromatic heterocycles. The van der Waals surface area contributed by atoms with Gasteiger partial charge in [0.2, 0.25) is 0 Å². The van der Waals surface area contributed by atoms with E-state index in [0.717, 1.165) is 0 Å². The Morgan fingerprint density at radius 3 is 2.00 bits per heavy atom. The van der Waals surface area contributed by atoms with Crippen LogP contribution in [0.2, 0.25) is 0 Å². The second-order valence-electron chi connectivity index (χ2n) is 6.15. The lowest BCUT2D eigenvalue weighted by Crippen LogP contribution is -2.68. The van der Waals surface area contributed by atoms with Crippen LogP contribution in [0.25, 0.3) is 0 Å². The lowest BCUT2D eigenvalue weighted by atomic mass is 9.61. The lowest BCUT2D eigenvalue weighted by Gasteiger charge is -2.62. The van der Waals surface area contributed by atoms with Crippen molar-refractivity contribution >= 4 is 0 Å². The van der Waals surface area contributed by atoms with Crippen LogP contribution in [0, 0.1) is 5.41 Å². The summed E-state index contributed by atoms with van der Waals surface area (Å²) in [7, 11) is 0. The fourth-order valence-corrected chi connectivity index (χ4v) is 3.88. The summed E-state index contributed by atoms with van der Waals surface area (Å²) in [6.45, 7) is 2.96. The highest BCUT2D eigenvalue weighted by atomic mass is 16.3. The first-order valence-electron chi connectivity index (χ1n) is 6.65. The summed E-state index contributed by atoms with van der Waals surface area (Å²) >= 11 is 0. The smallest absolute Gasteiger partial charge is 0.0615 e. The molecule has 3 aliphatic rings. The van der Waals surface area contributed by atoms with Crippen molar-refractivity contribution in [3.63, 3.8) is 0 Å². The van der Waals surface area contributed by atoms with Crippen molar-refractivity contribution in [2.75, 3.05) is 19.7 Å². The molecule has 0 radical (unpaired) electrons. The van der Waals surface area contributed by atoms with E-state index in [1.165, 1.54) is 64.5 Å².